The standard InChI is InChI=1S/C24H27FN2O3/c1-24(2,3)30-23(28)27-11-9-18(10-12-27)19-5-4-6-21(14-19)29-16-20-8-7-17(15-26)13-22(20)25/h4-8,13-14,18H,9-12,16H2,1-3H3. The van der Waals surface area contributed by atoms with Crippen LogP contribution in [0.5, 0.6) is 5.75 Å². The molecule has 1 fully saturated rings. The van der Waals surface area contributed by atoms with Gasteiger partial charge in [-0.05, 0) is 69.4 Å². The third kappa shape index (κ3) is 5.73. The Morgan fingerprint density at radius 3 is 2.57 bits per heavy atom. The third-order valence-corrected chi connectivity index (χ3v) is 5.05. The van der Waals surface area contributed by atoms with E-state index in [1.54, 1.807) is 17.0 Å². The number of nitriles is 1. The van der Waals surface area contributed by atoms with Gasteiger partial charge < -0.3 is 14.4 Å². The molecule has 3 rings (SSSR count). The van der Waals surface area contributed by atoms with Crippen LogP contribution in [0, 0.1) is 17.1 Å². The van der Waals surface area contributed by atoms with E-state index in [1.807, 2.05) is 45.0 Å². The molecule has 1 aliphatic rings. The molecule has 1 amide bonds. The molecule has 0 atom stereocenters. The van der Waals surface area contributed by atoms with Crippen molar-refractivity contribution in [3.63, 3.8) is 0 Å². The zero-order valence-electron chi connectivity index (χ0n) is 17.7. The summed E-state index contributed by atoms with van der Waals surface area (Å²) in [5, 5.41) is 8.84. The Morgan fingerprint density at radius 1 is 1.20 bits per heavy atom. The van der Waals surface area contributed by atoms with Gasteiger partial charge in [-0.3, -0.25) is 0 Å². The predicted octanol–water partition coefficient (Wildman–Crippen LogP) is 5.39. The minimum Gasteiger partial charge on any atom is -0.489 e. The Morgan fingerprint density at radius 2 is 1.93 bits per heavy atom. The maximum atomic E-state index is 14.0. The zero-order chi connectivity index (χ0) is 21.7. The maximum absolute atomic E-state index is 14.0. The monoisotopic (exact) mass is 410 g/mol. The zero-order valence-corrected chi connectivity index (χ0v) is 17.7. The van der Waals surface area contributed by atoms with Gasteiger partial charge in [0.05, 0.1) is 11.6 Å². The third-order valence-electron chi connectivity index (χ3n) is 5.05. The van der Waals surface area contributed by atoms with E-state index in [0.717, 1.165) is 18.4 Å². The van der Waals surface area contributed by atoms with E-state index >= 15 is 0 Å². The number of carbonyl (C=O) groups is 1. The van der Waals surface area contributed by atoms with E-state index in [1.165, 1.54) is 6.07 Å². The number of amides is 1. The van der Waals surface area contributed by atoms with Gasteiger partial charge in [-0.25, -0.2) is 9.18 Å². The molecule has 2 aromatic carbocycles. The van der Waals surface area contributed by atoms with Crippen LogP contribution in [0.2, 0.25) is 0 Å². The van der Waals surface area contributed by atoms with Crippen LogP contribution in [0.3, 0.4) is 0 Å². The van der Waals surface area contributed by atoms with Gasteiger partial charge >= 0.3 is 6.09 Å². The lowest BCUT2D eigenvalue weighted by atomic mass is 9.89. The van der Waals surface area contributed by atoms with E-state index in [9.17, 15) is 9.18 Å². The number of hydrogen-bond donors (Lipinski definition) is 0. The molecule has 5 nitrogen and oxygen atoms in total. The van der Waals surface area contributed by atoms with Crippen molar-refractivity contribution in [2.75, 3.05) is 13.1 Å². The van der Waals surface area contributed by atoms with Gasteiger partial charge in [-0.15, -0.1) is 0 Å². The first-order valence-corrected chi connectivity index (χ1v) is 10.1. The van der Waals surface area contributed by atoms with Gasteiger partial charge in [0.1, 0.15) is 23.8 Å². The molecule has 0 aromatic heterocycles. The van der Waals surface area contributed by atoms with E-state index < -0.39 is 11.4 Å². The number of benzene rings is 2. The SMILES string of the molecule is CC(C)(C)OC(=O)N1CCC(c2cccc(OCc3ccc(C#N)cc3F)c2)CC1. The van der Waals surface area contributed by atoms with Gasteiger partial charge in [0, 0.05) is 18.7 Å². The first-order valence-electron chi connectivity index (χ1n) is 10.1. The maximum Gasteiger partial charge on any atom is 0.410 e. The quantitative estimate of drug-likeness (QED) is 0.678. The highest BCUT2D eigenvalue weighted by Crippen LogP contribution is 2.31. The average molecular weight is 410 g/mol. The molecule has 2 aromatic rings. The van der Waals surface area contributed by atoms with Crippen LogP contribution in [-0.4, -0.2) is 29.7 Å². The molecule has 6 heteroatoms. The summed E-state index contributed by atoms with van der Waals surface area (Å²) < 4.78 is 25.3. The Kier molecular flexibility index (Phi) is 6.61. The molecule has 0 radical (unpaired) electrons. The molecular weight excluding hydrogens is 383 g/mol. The highest BCUT2D eigenvalue weighted by Gasteiger charge is 2.27. The van der Waals surface area contributed by atoms with Crippen molar-refractivity contribution in [3.8, 4) is 11.8 Å². The fraction of sp³-hybridized carbons (Fsp3) is 0.417. The number of likely N-dealkylation sites (tertiary alicyclic amines) is 1. The van der Waals surface area contributed by atoms with Crippen molar-refractivity contribution >= 4 is 6.09 Å². The number of nitrogens with zero attached hydrogens (tertiary/aromatic N) is 2. The number of ether oxygens (including phenoxy) is 2. The Hall–Kier alpha value is -3.07. The van der Waals surface area contributed by atoms with Gasteiger partial charge in [0.15, 0.2) is 0 Å². The van der Waals surface area contributed by atoms with E-state index in [0.29, 0.717) is 30.3 Å². The molecule has 0 saturated carbocycles. The van der Waals surface area contributed by atoms with Crippen molar-refractivity contribution in [2.45, 2.75) is 51.7 Å². The van der Waals surface area contributed by atoms with Crippen molar-refractivity contribution < 1.29 is 18.7 Å². The molecule has 0 N–H and O–H groups in total. The molecule has 0 spiro atoms. The summed E-state index contributed by atoms with van der Waals surface area (Å²) in [5.41, 5.74) is 1.35. The Balaban J connectivity index is 1.57. The number of carbonyl (C=O) groups excluding carboxylic acids is 1. The second-order valence-corrected chi connectivity index (χ2v) is 8.52. The molecule has 0 aliphatic carbocycles. The van der Waals surface area contributed by atoms with Crippen LogP contribution in [0.4, 0.5) is 9.18 Å². The molecular formula is C24H27FN2O3. The van der Waals surface area contributed by atoms with Crippen molar-refractivity contribution in [2.24, 2.45) is 0 Å². The molecule has 0 bridgehead atoms. The first kappa shape index (κ1) is 21.6. The second-order valence-electron chi connectivity index (χ2n) is 8.52. The highest BCUT2D eigenvalue weighted by molar-refractivity contribution is 5.68. The largest absolute Gasteiger partial charge is 0.489 e. The van der Waals surface area contributed by atoms with E-state index in [2.05, 4.69) is 6.07 Å². The van der Waals surface area contributed by atoms with Gasteiger partial charge in [-0.2, -0.15) is 5.26 Å². The first-order chi connectivity index (χ1) is 14.2. The van der Waals surface area contributed by atoms with Gasteiger partial charge in [-0.1, -0.05) is 18.2 Å². The summed E-state index contributed by atoms with van der Waals surface area (Å²) in [6.45, 7) is 7.01. The topological polar surface area (TPSA) is 62.6 Å². The van der Waals surface area contributed by atoms with Crippen LogP contribution < -0.4 is 4.74 Å². The van der Waals surface area contributed by atoms with Crippen LogP contribution in [-0.2, 0) is 11.3 Å². The average Bonchev–Trinajstić information content (AvgIpc) is 2.72. The predicted molar refractivity (Wildman–Crippen MR) is 112 cm³/mol. The summed E-state index contributed by atoms with van der Waals surface area (Å²) in [6, 6.07) is 14.1. The summed E-state index contributed by atoms with van der Waals surface area (Å²) in [5.74, 6) is 0.560. The highest BCUT2D eigenvalue weighted by atomic mass is 19.1. The lowest BCUT2D eigenvalue weighted by molar-refractivity contribution is 0.0204. The second kappa shape index (κ2) is 9.17. The summed E-state index contributed by atoms with van der Waals surface area (Å²) >= 11 is 0. The van der Waals surface area contributed by atoms with E-state index in [4.69, 9.17) is 14.7 Å². The fourth-order valence-corrected chi connectivity index (χ4v) is 3.48. The fourth-order valence-electron chi connectivity index (χ4n) is 3.48. The smallest absolute Gasteiger partial charge is 0.410 e. The minimum atomic E-state index is -0.492. The Labute approximate surface area is 177 Å². The molecule has 1 saturated heterocycles. The molecule has 1 heterocycles. The summed E-state index contributed by atoms with van der Waals surface area (Å²) in [4.78, 5) is 14.0. The number of halogens is 1. The van der Waals surface area contributed by atoms with Crippen LogP contribution in [0.15, 0.2) is 42.5 Å². The number of hydrogen-bond acceptors (Lipinski definition) is 4. The molecule has 158 valence electrons. The van der Waals surface area contributed by atoms with Crippen LogP contribution in [0.25, 0.3) is 0 Å². The number of piperidine rings is 1. The van der Waals surface area contributed by atoms with E-state index in [-0.39, 0.29) is 18.3 Å². The molecule has 30 heavy (non-hydrogen) atoms. The van der Waals surface area contributed by atoms with Crippen LogP contribution in [0.1, 0.15) is 56.2 Å². The molecule has 1 aliphatic heterocycles. The lowest BCUT2D eigenvalue weighted by Crippen LogP contribution is -2.41. The summed E-state index contributed by atoms with van der Waals surface area (Å²) in [7, 11) is 0. The van der Waals surface area contributed by atoms with Gasteiger partial charge in [0.2, 0.25) is 0 Å². The Bertz CT molecular complexity index is 938. The van der Waals surface area contributed by atoms with Crippen molar-refractivity contribution in [3.05, 3.63) is 65.0 Å². The lowest BCUT2D eigenvalue weighted by Gasteiger charge is -2.33. The summed E-state index contributed by atoms with van der Waals surface area (Å²) in [6.07, 6.45) is 1.45. The van der Waals surface area contributed by atoms with Crippen LogP contribution >= 0.6 is 0 Å². The number of rotatable bonds is 4. The molecule has 0 unspecified atom stereocenters. The minimum absolute atomic E-state index is 0.0953. The van der Waals surface area contributed by atoms with Crippen molar-refractivity contribution in [1.82, 2.24) is 4.90 Å². The van der Waals surface area contributed by atoms with Gasteiger partial charge in [0.25, 0.3) is 0 Å². The van der Waals surface area contributed by atoms with Crippen molar-refractivity contribution in [1.29, 1.82) is 5.26 Å². The normalized spacial score (nSPS) is 14.8.